The van der Waals surface area contributed by atoms with Crippen LogP contribution >= 0.6 is 0 Å². The molecule has 0 amide bonds. The topological polar surface area (TPSA) is 64.9 Å². The van der Waals surface area contributed by atoms with E-state index < -0.39 is 0 Å². The van der Waals surface area contributed by atoms with Crippen molar-refractivity contribution in [2.24, 2.45) is 11.7 Å². The summed E-state index contributed by atoms with van der Waals surface area (Å²) in [6.07, 6.45) is 8.23. The molecule has 1 heterocycles. The highest BCUT2D eigenvalue weighted by Crippen LogP contribution is 2.35. The van der Waals surface area contributed by atoms with Crippen molar-refractivity contribution in [2.75, 3.05) is 0 Å². The second-order valence-electron chi connectivity index (χ2n) is 5.51. The van der Waals surface area contributed by atoms with Crippen LogP contribution in [0.15, 0.2) is 4.52 Å². The molecule has 1 saturated carbocycles. The zero-order chi connectivity index (χ0) is 13.0. The molecule has 1 aliphatic rings. The van der Waals surface area contributed by atoms with Crippen molar-refractivity contribution < 1.29 is 4.52 Å². The highest BCUT2D eigenvalue weighted by Gasteiger charge is 2.25. The summed E-state index contributed by atoms with van der Waals surface area (Å²) in [4.78, 5) is 4.50. The van der Waals surface area contributed by atoms with Gasteiger partial charge in [-0.2, -0.15) is 4.98 Å². The van der Waals surface area contributed by atoms with Crippen LogP contribution in [0.1, 0.15) is 82.5 Å². The predicted octanol–water partition coefficient (Wildman–Crippen LogP) is 3.55. The van der Waals surface area contributed by atoms with Gasteiger partial charge >= 0.3 is 0 Å². The predicted molar refractivity (Wildman–Crippen MR) is 71.1 cm³/mol. The van der Waals surface area contributed by atoms with Crippen LogP contribution in [-0.4, -0.2) is 10.1 Å². The second-order valence-corrected chi connectivity index (χ2v) is 5.51. The van der Waals surface area contributed by atoms with E-state index in [0.717, 1.165) is 24.6 Å². The van der Waals surface area contributed by atoms with Gasteiger partial charge in [0.05, 0.1) is 6.04 Å². The van der Waals surface area contributed by atoms with Gasteiger partial charge in [0.2, 0.25) is 5.89 Å². The Labute approximate surface area is 109 Å². The van der Waals surface area contributed by atoms with E-state index in [1.165, 1.54) is 32.1 Å². The first-order chi connectivity index (χ1) is 8.74. The van der Waals surface area contributed by atoms with Gasteiger partial charge in [-0.15, -0.1) is 0 Å². The van der Waals surface area contributed by atoms with Gasteiger partial charge in [0.1, 0.15) is 0 Å². The quantitative estimate of drug-likeness (QED) is 0.869. The first-order valence-corrected chi connectivity index (χ1v) is 7.33. The van der Waals surface area contributed by atoms with Crippen molar-refractivity contribution in [2.45, 2.75) is 70.8 Å². The van der Waals surface area contributed by atoms with E-state index in [-0.39, 0.29) is 6.04 Å². The molecule has 1 atom stereocenters. The number of rotatable bonds is 5. The Morgan fingerprint density at radius 3 is 2.61 bits per heavy atom. The summed E-state index contributed by atoms with van der Waals surface area (Å²) in [6.45, 7) is 4.39. The van der Waals surface area contributed by atoms with E-state index in [4.69, 9.17) is 10.3 Å². The van der Waals surface area contributed by atoms with Gasteiger partial charge in [0.15, 0.2) is 5.82 Å². The van der Waals surface area contributed by atoms with Gasteiger partial charge in [-0.1, -0.05) is 31.8 Å². The molecule has 0 unspecified atom stereocenters. The highest BCUT2D eigenvalue weighted by atomic mass is 16.5. The summed E-state index contributed by atoms with van der Waals surface area (Å²) >= 11 is 0. The maximum absolute atomic E-state index is 6.00. The van der Waals surface area contributed by atoms with Crippen LogP contribution in [0, 0.1) is 5.92 Å². The second kappa shape index (κ2) is 6.32. The first-order valence-electron chi connectivity index (χ1n) is 7.33. The van der Waals surface area contributed by atoms with Gasteiger partial charge in [0, 0.05) is 5.92 Å². The molecule has 2 rings (SSSR count). The molecule has 4 heteroatoms. The summed E-state index contributed by atoms with van der Waals surface area (Å²) in [5.74, 6) is 2.88. The van der Waals surface area contributed by atoms with Crippen LogP contribution in [0.25, 0.3) is 0 Å². The largest absolute Gasteiger partial charge is 0.338 e. The lowest BCUT2D eigenvalue weighted by Crippen LogP contribution is -2.14. The summed E-state index contributed by atoms with van der Waals surface area (Å²) in [5.41, 5.74) is 6.00. The number of nitrogens with two attached hydrogens (primary N) is 1. The number of hydrogen-bond acceptors (Lipinski definition) is 4. The van der Waals surface area contributed by atoms with Gasteiger partial charge in [-0.05, 0) is 38.0 Å². The smallest absolute Gasteiger partial charge is 0.243 e. The Kier molecular flexibility index (Phi) is 4.75. The zero-order valence-corrected chi connectivity index (χ0v) is 11.6. The van der Waals surface area contributed by atoms with E-state index in [0.29, 0.717) is 11.8 Å². The van der Waals surface area contributed by atoms with E-state index in [1.807, 2.05) is 0 Å². The third-order valence-corrected chi connectivity index (χ3v) is 4.16. The average Bonchev–Trinajstić information content (AvgIpc) is 2.89. The molecule has 1 aromatic rings. The van der Waals surface area contributed by atoms with Crippen molar-refractivity contribution in [3.8, 4) is 0 Å². The molecule has 0 radical (unpaired) electrons. The normalized spacial score (nSPS) is 26.2. The van der Waals surface area contributed by atoms with Crippen LogP contribution in [0.2, 0.25) is 0 Å². The molecular weight excluding hydrogens is 226 g/mol. The minimum Gasteiger partial charge on any atom is -0.338 e. The lowest BCUT2D eigenvalue weighted by atomic mass is 9.80. The van der Waals surface area contributed by atoms with Crippen LogP contribution in [0.4, 0.5) is 0 Å². The molecule has 18 heavy (non-hydrogen) atoms. The van der Waals surface area contributed by atoms with Crippen molar-refractivity contribution in [3.63, 3.8) is 0 Å². The van der Waals surface area contributed by atoms with Gasteiger partial charge < -0.3 is 10.3 Å². The molecule has 4 nitrogen and oxygen atoms in total. The molecule has 1 aliphatic carbocycles. The van der Waals surface area contributed by atoms with Crippen molar-refractivity contribution >= 4 is 0 Å². The molecule has 102 valence electrons. The number of nitrogens with zero attached hydrogens (tertiary/aromatic N) is 2. The number of hydrogen-bond donors (Lipinski definition) is 1. The fourth-order valence-electron chi connectivity index (χ4n) is 2.83. The molecule has 1 fully saturated rings. The average molecular weight is 251 g/mol. The van der Waals surface area contributed by atoms with Crippen molar-refractivity contribution in [1.82, 2.24) is 10.1 Å². The van der Waals surface area contributed by atoms with Crippen LogP contribution in [0.5, 0.6) is 0 Å². The Bertz CT molecular complexity index is 356. The van der Waals surface area contributed by atoms with E-state index in [1.54, 1.807) is 0 Å². The van der Waals surface area contributed by atoms with E-state index >= 15 is 0 Å². The first kappa shape index (κ1) is 13.5. The van der Waals surface area contributed by atoms with E-state index in [2.05, 4.69) is 24.0 Å². The molecule has 0 spiro atoms. The van der Waals surface area contributed by atoms with Gasteiger partial charge in [-0.25, -0.2) is 0 Å². The van der Waals surface area contributed by atoms with Crippen LogP contribution in [-0.2, 0) is 0 Å². The summed E-state index contributed by atoms with van der Waals surface area (Å²) < 4.78 is 5.30. The molecule has 0 saturated heterocycles. The standard InChI is InChI=1S/C14H25N3O/c1-3-5-12(15)14-16-13(17-18-14)11-8-6-10(4-2)7-9-11/h10-12H,3-9,15H2,1-2H3/t10?,11?,12-/m0/s1. The molecule has 0 bridgehead atoms. The monoisotopic (exact) mass is 251 g/mol. The van der Waals surface area contributed by atoms with Crippen molar-refractivity contribution in [1.29, 1.82) is 0 Å². The summed E-state index contributed by atoms with van der Waals surface area (Å²) in [5, 5.41) is 4.13. The third-order valence-electron chi connectivity index (χ3n) is 4.16. The lowest BCUT2D eigenvalue weighted by Gasteiger charge is -2.25. The fraction of sp³-hybridized carbons (Fsp3) is 0.857. The Balaban J connectivity index is 1.94. The maximum Gasteiger partial charge on any atom is 0.243 e. The lowest BCUT2D eigenvalue weighted by molar-refractivity contribution is 0.300. The Hall–Kier alpha value is -0.900. The highest BCUT2D eigenvalue weighted by molar-refractivity contribution is 4.99. The molecular formula is C14H25N3O. The SMILES string of the molecule is CCC[C@H](N)c1nc(C2CCC(CC)CC2)no1. The maximum atomic E-state index is 6.00. The van der Waals surface area contributed by atoms with Gasteiger partial charge in [0.25, 0.3) is 0 Å². The minimum atomic E-state index is -0.0942. The molecule has 0 aliphatic heterocycles. The molecule has 2 N–H and O–H groups in total. The van der Waals surface area contributed by atoms with Gasteiger partial charge in [-0.3, -0.25) is 0 Å². The van der Waals surface area contributed by atoms with Crippen molar-refractivity contribution in [3.05, 3.63) is 11.7 Å². The van der Waals surface area contributed by atoms with E-state index in [9.17, 15) is 0 Å². The Morgan fingerprint density at radius 2 is 2.00 bits per heavy atom. The van der Waals surface area contributed by atoms with Crippen LogP contribution < -0.4 is 5.73 Å². The fourth-order valence-corrected chi connectivity index (χ4v) is 2.83. The molecule has 1 aromatic heterocycles. The third kappa shape index (κ3) is 3.10. The zero-order valence-electron chi connectivity index (χ0n) is 11.6. The molecule has 0 aromatic carbocycles. The van der Waals surface area contributed by atoms with Crippen LogP contribution in [0.3, 0.4) is 0 Å². The Morgan fingerprint density at radius 1 is 1.28 bits per heavy atom. The summed E-state index contributed by atoms with van der Waals surface area (Å²) in [7, 11) is 0. The summed E-state index contributed by atoms with van der Waals surface area (Å²) in [6, 6.07) is -0.0942. The minimum absolute atomic E-state index is 0.0942. The number of aromatic nitrogens is 2.